The Morgan fingerprint density at radius 2 is 2.24 bits per heavy atom. The first-order chi connectivity index (χ1) is 12.2. The third-order valence-electron chi connectivity index (χ3n) is 7.07. The van der Waals surface area contributed by atoms with Gasteiger partial charge in [-0.2, -0.15) is 0 Å². The van der Waals surface area contributed by atoms with E-state index in [-0.39, 0.29) is 12.0 Å². The van der Waals surface area contributed by atoms with E-state index in [4.69, 9.17) is 4.74 Å². The largest absolute Gasteiger partial charge is 0.468 e. The van der Waals surface area contributed by atoms with Crippen molar-refractivity contribution in [3.8, 4) is 0 Å². The van der Waals surface area contributed by atoms with Crippen LogP contribution < -0.4 is 0 Å². The van der Waals surface area contributed by atoms with E-state index in [0.29, 0.717) is 11.8 Å². The molecular weight excluding hydrogens is 312 g/mol. The molecule has 1 aliphatic carbocycles. The van der Waals surface area contributed by atoms with E-state index in [2.05, 4.69) is 41.1 Å². The zero-order valence-corrected chi connectivity index (χ0v) is 15.0. The van der Waals surface area contributed by atoms with Crippen molar-refractivity contribution in [2.75, 3.05) is 20.2 Å². The maximum Gasteiger partial charge on any atom is 0.319 e. The summed E-state index contributed by atoms with van der Waals surface area (Å²) in [7, 11) is 1.55. The number of aromatic nitrogens is 1. The smallest absolute Gasteiger partial charge is 0.319 e. The number of methoxy groups -OCH3 is 1. The molecule has 3 aliphatic heterocycles. The van der Waals surface area contributed by atoms with Crippen molar-refractivity contribution in [2.45, 2.75) is 44.1 Å². The van der Waals surface area contributed by atoms with E-state index in [1.807, 2.05) is 0 Å². The van der Waals surface area contributed by atoms with Crippen molar-refractivity contribution in [3.05, 3.63) is 35.5 Å². The van der Waals surface area contributed by atoms with Gasteiger partial charge in [-0.25, -0.2) is 0 Å². The van der Waals surface area contributed by atoms with Crippen LogP contribution >= 0.6 is 0 Å². The van der Waals surface area contributed by atoms with Crippen LogP contribution in [0.4, 0.5) is 0 Å². The molecule has 0 radical (unpaired) electrons. The Morgan fingerprint density at radius 1 is 1.40 bits per heavy atom. The van der Waals surface area contributed by atoms with Crippen molar-refractivity contribution in [1.82, 2.24) is 9.88 Å². The fourth-order valence-electron chi connectivity index (χ4n) is 6.27. The Bertz CT molecular complexity index is 842. The fourth-order valence-corrected chi connectivity index (χ4v) is 6.27. The first-order valence-corrected chi connectivity index (χ1v) is 9.61. The Kier molecular flexibility index (Phi) is 3.30. The Balaban J connectivity index is 1.81. The molecule has 3 fully saturated rings. The summed E-state index contributed by atoms with van der Waals surface area (Å²) in [5, 5.41) is 1.28. The molecule has 1 aromatic heterocycles. The van der Waals surface area contributed by atoms with Gasteiger partial charge in [-0.3, -0.25) is 9.69 Å². The summed E-state index contributed by atoms with van der Waals surface area (Å²) in [6.07, 6.45) is 4.33. The quantitative estimate of drug-likeness (QED) is 0.855. The van der Waals surface area contributed by atoms with Crippen LogP contribution in [0.3, 0.4) is 0 Å². The lowest BCUT2D eigenvalue weighted by Crippen LogP contribution is -2.67. The fraction of sp³-hybridized carbons (Fsp3) is 0.571. The highest BCUT2D eigenvalue weighted by Crippen LogP contribution is 2.55. The van der Waals surface area contributed by atoms with Gasteiger partial charge >= 0.3 is 5.97 Å². The number of H-pyrrole nitrogens is 1. The average molecular weight is 338 g/mol. The highest BCUT2D eigenvalue weighted by atomic mass is 16.5. The lowest BCUT2D eigenvalue weighted by molar-refractivity contribution is -0.162. The molecule has 2 aromatic rings. The highest BCUT2D eigenvalue weighted by molar-refractivity contribution is 5.91. The second-order valence-electron chi connectivity index (χ2n) is 8.15. The van der Waals surface area contributed by atoms with Crippen molar-refractivity contribution in [1.29, 1.82) is 0 Å². The molecule has 4 nitrogen and oxygen atoms in total. The zero-order valence-electron chi connectivity index (χ0n) is 15.0. The minimum Gasteiger partial charge on any atom is -0.468 e. The number of hydrogen-bond donors (Lipinski definition) is 1. The number of esters is 1. The molecule has 0 amide bonds. The molecule has 6 rings (SSSR count). The molecule has 1 aromatic carbocycles. The number of ether oxygens (including phenoxy) is 1. The maximum absolute atomic E-state index is 13.3. The predicted molar refractivity (Wildman–Crippen MR) is 97.6 cm³/mol. The molecule has 1 saturated carbocycles. The molecule has 0 spiro atoms. The monoisotopic (exact) mass is 338 g/mol. The second-order valence-corrected chi connectivity index (χ2v) is 8.15. The lowest BCUT2D eigenvalue weighted by Gasteiger charge is -2.57. The summed E-state index contributed by atoms with van der Waals surface area (Å²) in [5.74, 6) is 1.12. The normalized spacial score (nSPS) is 36.1. The van der Waals surface area contributed by atoms with Gasteiger partial charge < -0.3 is 9.72 Å². The topological polar surface area (TPSA) is 45.3 Å². The summed E-state index contributed by atoms with van der Waals surface area (Å²) >= 11 is 0. The Morgan fingerprint density at radius 3 is 3.04 bits per heavy atom. The SMILES string of the molecule is CC[C@@H]1C[C@H]2CN3CCc4c([nH]c5ccccc45)[C@@](C(=O)OC)(C2)[C@@H]13. The number of hydrogen-bond acceptors (Lipinski definition) is 3. The van der Waals surface area contributed by atoms with Gasteiger partial charge in [0.2, 0.25) is 0 Å². The van der Waals surface area contributed by atoms with Gasteiger partial charge in [-0.1, -0.05) is 31.5 Å². The Hall–Kier alpha value is -1.81. The van der Waals surface area contributed by atoms with Gasteiger partial charge in [0.25, 0.3) is 0 Å². The highest BCUT2D eigenvalue weighted by Gasteiger charge is 2.62. The molecule has 1 unspecified atom stereocenters. The maximum atomic E-state index is 13.3. The Labute approximate surface area is 148 Å². The van der Waals surface area contributed by atoms with Crippen molar-refractivity contribution >= 4 is 16.9 Å². The number of nitrogens with zero attached hydrogens (tertiary/aromatic N) is 1. The number of carbonyl (C=O) groups excluding carboxylic acids is 1. The van der Waals surface area contributed by atoms with E-state index in [0.717, 1.165) is 43.6 Å². The van der Waals surface area contributed by atoms with Crippen molar-refractivity contribution in [2.24, 2.45) is 11.8 Å². The van der Waals surface area contributed by atoms with E-state index < -0.39 is 5.41 Å². The van der Waals surface area contributed by atoms with Crippen molar-refractivity contribution < 1.29 is 9.53 Å². The predicted octanol–water partition coefficient (Wildman–Crippen LogP) is 3.26. The van der Waals surface area contributed by atoms with Gasteiger partial charge in [0.15, 0.2) is 0 Å². The molecule has 4 aliphatic rings. The molecule has 4 bridgehead atoms. The van der Waals surface area contributed by atoms with Crippen LogP contribution in [-0.2, 0) is 21.4 Å². The summed E-state index contributed by atoms with van der Waals surface area (Å²) in [6.45, 7) is 4.46. The van der Waals surface area contributed by atoms with Crippen molar-refractivity contribution in [3.63, 3.8) is 0 Å². The summed E-state index contributed by atoms with van der Waals surface area (Å²) in [5.41, 5.74) is 3.11. The number of piperidine rings is 2. The van der Waals surface area contributed by atoms with E-state index in [1.165, 1.54) is 17.4 Å². The number of carbonyl (C=O) groups is 1. The van der Waals surface area contributed by atoms with Gasteiger partial charge in [0.05, 0.1) is 7.11 Å². The third kappa shape index (κ3) is 1.89. The van der Waals surface area contributed by atoms with E-state index >= 15 is 0 Å². The minimum atomic E-state index is -0.526. The summed E-state index contributed by atoms with van der Waals surface area (Å²) < 4.78 is 5.43. The standard InChI is InChI=1S/C21H26N2O2/c1-3-14-10-13-11-21(20(24)25-2)18-16(8-9-23(12-13)19(14)21)15-6-4-5-7-17(15)22-18/h4-7,13-14,19,22H,3,8-12H2,1-2H3/t13-,14-,19-,21+/m1/s1. The molecule has 2 saturated heterocycles. The van der Waals surface area contributed by atoms with Crippen LogP contribution in [0.15, 0.2) is 24.3 Å². The van der Waals surface area contributed by atoms with Crippen LogP contribution in [0.25, 0.3) is 10.9 Å². The number of fused-ring (bicyclic) bond motifs is 4. The third-order valence-corrected chi connectivity index (χ3v) is 7.07. The molecule has 1 N–H and O–H groups in total. The first-order valence-electron chi connectivity index (χ1n) is 9.61. The summed E-state index contributed by atoms with van der Waals surface area (Å²) in [6, 6.07) is 8.75. The van der Waals surface area contributed by atoms with Gasteiger partial charge in [-0.15, -0.1) is 0 Å². The average Bonchev–Trinajstić information content (AvgIpc) is 3.00. The number of rotatable bonds is 2. The van der Waals surface area contributed by atoms with E-state index in [1.54, 1.807) is 7.11 Å². The van der Waals surface area contributed by atoms with Crippen LogP contribution in [0, 0.1) is 11.8 Å². The van der Waals surface area contributed by atoms with E-state index in [9.17, 15) is 4.79 Å². The second kappa shape index (κ2) is 5.34. The van der Waals surface area contributed by atoms with Gasteiger partial charge in [0, 0.05) is 35.7 Å². The first kappa shape index (κ1) is 15.4. The number of para-hydroxylation sites is 1. The molecular formula is C21H26N2O2. The zero-order chi connectivity index (χ0) is 17.2. The van der Waals surface area contributed by atoms with Crippen LogP contribution in [0.2, 0.25) is 0 Å². The molecule has 25 heavy (non-hydrogen) atoms. The molecule has 132 valence electrons. The number of aromatic amines is 1. The number of benzene rings is 1. The van der Waals surface area contributed by atoms with Gasteiger partial charge in [-0.05, 0) is 42.7 Å². The lowest BCUT2D eigenvalue weighted by atomic mass is 9.56. The molecule has 4 heteroatoms. The molecule has 4 heterocycles. The van der Waals surface area contributed by atoms with Crippen LogP contribution in [-0.4, -0.2) is 42.1 Å². The van der Waals surface area contributed by atoms with Crippen LogP contribution in [0.1, 0.15) is 37.4 Å². The number of nitrogens with one attached hydrogen (secondary N) is 1. The summed E-state index contributed by atoms with van der Waals surface area (Å²) in [4.78, 5) is 19.5. The molecule has 5 atom stereocenters. The van der Waals surface area contributed by atoms with Crippen LogP contribution in [0.5, 0.6) is 0 Å². The minimum absolute atomic E-state index is 0.0416. The van der Waals surface area contributed by atoms with Gasteiger partial charge in [0.1, 0.15) is 5.41 Å².